The number of nitrogens with one attached hydrogen (secondary N) is 1. The third-order valence-corrected chi connectivity index (χ3v) is 3.45. The van der Waals surface area contributed by atoms with Crippen molar-refractivity contribution in [3.63, 3.8) is 0 Å². The van der Waals surface area contributed by atoms with Crippen molar-refractivity contribution in [1.29, 1.82) is 0 Å². The van der Waals surface area contributed by atoms with E-state index in [0.29, 0.717) is 17.8 Å². The van der Waals surface area contributed by atoms with Crippen LogP contribution in [0.1, 0.15) is 29.6 Å². The topological polar surface area (TPSA) is 37.8 Å². The van der Waals surface area contributed by atoms with Gasteiger partial charge in [-0.1, -0.05) is 23.7 Å². The average molecular weight is 294 g/mol. The molecule has 0 amide bonds. The molecule has 2 rings (SSSR count). The summed E-state index contributed by atoms with van der Waals surface area (Å²) in [5.74, 6) is 0.989. The molecule has 5 heteroatoms. The van der Waals surface area contributed by atoms with Gasteiger partial charge in [0.15, 0.2) is 0 Å². The van der Waals surface area contributed by atoms with Crippen LogP contribution in [0.3, 0.4) is 0 Å². The first kappa shape index (κ1) is 14.7. The van der Waals surface area contributed by atoms with Crippen molar-refractivity contribution in [2.24, 2.45) is 0 Å². The first-order chi connectivity index (χ1) is 9.52. The Kier molecular flexibility index (Phi) is 4.55. The Labute approximate surface area is 123 Å². The minimum Gasteiger partial charge on any atom is -0.370 e. The molecule has 1 aromatic carbocycles. The highest BCUT2D eigenvalue weighted by atomic mass is 35.5. The van der Waals surface area contributed by atoms with Gasteiger partial charge in [-0.05, 0) is 32.4 Å². The minimum absolute atomic E-state index is 0.123. The third-order valence-electron chi connectivity index (χ3n) is 3.16. The predicted octanol–water partition coefficient (Wildman–Crippen LogP) is 3.91. The summed E-state index contributed by atoms with van der Waals surface area (Å²) < 4.78 is 13.9. The molecule has 0 saturated heterocycles. The summed E-state index contributed by atoms with van der Waals surface area (Å²) in [5.41, 5.74) is 2.42. The van der Waals surface area contributed by atoms with Crippen LogP contribution < -0.4 is 5.32 Å². The van der Waals surface area contributed by atoms with Crippen LogP contribution in [0.25, 0.3) is 0 Å². The van der Waals surface area contributed by atoms with Gasteiger partial charge in [-0.3, -0.25) is 0 Å². The average Bonchev–Trinajstić information content (AvgIpc) is 2.41. The lowest BCUT2D eigenvalue weighted by Gasteiger charge is -2.11. The molecular weight excluding hydrogens is 277 g/mol. The number of aromatic nitrogens is 2. The van der Waals surface area contributed by atoms with Crippen LogP contribution in [-0.4, -0.2) is 16.5 Å². The normalized spacial score (nSPS) is 10.7. The maximum atomic E-state index is 13.9. The molecule has 0 aliphatic rings. The summed E-state index contributed by atoms with van der Waals surface area (Å²) in [7, 11) is 0. The van der Waals surface area contributed by atoms with Gasteiger partial charge >= 0.3 is 0 Å². The van der Waals surface area contributed by atoms with Gasteiger partial charge < -0.3 is 5.32 Å². The van der Waals surface area contributed by atoms with Gasteiger partial charge in [0, 0.05) is 24.2 Å². The van der Waals surface area contributed by atoms with Crippen molar-refractivity contribution < 1.29 is 4.39 Å². The van der Waals surface area contributed by atoms with E-state index in [4.69, 9.17) is 11.6 Å². The summed E-state index contributed by atoms with van der Waals surface area (Å²) in [6.07, 6.45) is 0.325. The second kappa shape index (κ2) is 6.18. The number of nitrogens with zero attached hydrogens (tertiary/aromatic N) is 2. The molecule has 1 aromatic heterocycles. The number of hydrogen-bond donors (Lipinski definition) is 1. The van der Waals surface area contributed by atoms with E-state index in [1.165, 1.54) is 6.07 Å². The fraction of sp³-hybridized carbons (Fsp3) is 0.333. The molecule has 1 N–H and O–H groups in total. The minimum atomic E-state index is -0.402. The van der Waals surface area contributed by atoms with E-state index in [9.17, 15) is 4.39 Å². The quantitative estimate of drug-likeness (QED) is 0.929. The monoisotopic (exact) mass is 293 g/mol. The van der Waals surface area contributed by atoms with E-state index in [2.05, 4.69) is 15.3 Å². The van der Waals surface area contributed by atoms with Crippen LogP contribution in [0.2, 0.25) is 5.02 Å². The number of hydrogen-bond acceptors (Lipinski definition) is 3. The van der Waals surface area contributed by atoms with Gasteiger partial charge in [0.2, 0.25) is 0 Å². The largest absolute Gasteiger partial charge is 0.370 e. The van der Waals surface area contributed by atoms with Gasteiger partial charge in [-0.15, -0.1) is 0 Å². The Bertz CT molecular complexity index is 629. The molecule has 3 nitrogen and oxygen atoms in total. The van der Waals surface area contributed by atoms with Gasteiger partial charge in [-0.25, -0.2) is 14.4 Å². The van der Waals surface area contributed by atoms with Crippen LogP contribution in [-0.2, 0) is 6.42 Å². The van der Waals surface area contributed by atoms with E-state index in [1.54, 1.807) is 12.1 Å². The Balaban J connectivity index is 2.36. The zero-order valence-electron chi connectivity index (χ0n) is 11.8. The number of anilines is 1. The zero-order chi connectivity index (χ0) is 14.7. The molecule has 0 aliphatic carbocycles. The van der Waals surface area contributed by atoms with Crippen LogP contribution in [0, 0.1) is 19.7 Å². The van der Waals surface area contributed by atoms with Crippen molar-refractivity contribution >= 4 is 17.4 Å². The highest BCUT2D eigenvalue weighted by molar-refractivity contribution is 6.30. The van der Waals surface area contributed by atoms with Crippen molar-refractivity contribution in [3.8, 4) is 0 Å². The van der Waals surface area contributed by atoms with Crippen molar-refractivity contribution in [2.45, 2.75) is 27.2 Å². The molecule has 0 radical (unpaired) electrons. The van der Waals surface area contributed by atoms with Crippen LogP contribution in [0.4, 0.5) is 10.2 Å². The second-order valence-corrected chi connectivity index (χ2v) is 5.03. The standard InChI is InChI=1S/C15H17ClFN3/c1-4-18-15-9(2)10(3)19-13(20-15)8-11-6-5-7-12(16)14(11)17/h5-7H,4,8H2,1-3H3,(H,18,19,20). The van der Waals surface area contributed by atoms with Crippen molar-refractivity contribution in [2.75, 3.05) is 11.9 Å². The molecule has 0 atom stereocenters. The lowest BCUT2D eigenvalue weighted by atomic mass is 10.1. The smallest absolute Gasteiger partial charge is 0.145 e. The molecule has 2 aromatic rings. The lowest BCUT2D eigenvalue weighted by molar-refractivity contribution is 0.612. The number of benzene rings is 1. The summed E-state index contributed by atoms with van der Waals surface area (Å²) >= 11 is 5.79. The molecule has 1 heterocycles. The van der Waals surface area contributed by atoms with Gasteiger partial charge in [0.05, 0.1) is 5.02 Å². The summed E-state index contributed by atoms with van der Waals surface area (Å²) in [5, 5.41) is 3.32. The summed E-state index contributed by atoms with van der Waals surface area (Å²) in [6, 6.07) is 4.96. The van der Waals surface area contributed by atoms with Crippen molar-refractivity contribution in [3.05, 3.63) is 51.7 Å². The molecule has 0 spiro atoms. The molecule has 0 bridgehead atoms. The number of aryl methyl sites for hydroxylation is 1. The predicted molar refractivity (Wildman–Crippen MR) is 79.9 cm³/mol. The Hall–Kier alpha value is -1.68. The van der Waals surface area contributed by atoms with Crippen LogP contribution >= 0.6 is 11.6 Å². The maximum absolute atomic E-state index is 13.9. The van der Waals surface area contributed by atoms with E-state index in [1.807, 2.05) is 20.8 Å². The summed E-state index contributed by atoms with van der Waals surface area (Å²) in [6.45, 7) is 6.68. The molecule has 106 valence electrons. The van der Waals surface area contributed by atoms with Crippen molar-refractivity contribution in [1.82, 2.24) is 9.97 Å². The van der Waals surface area contributed by atoms with E-state index >= 15 is 0 Å². The van der Waals surface area contributed by atoms with E-state index < -0.39 is 5.82 Å². The second-order valence-electron chi connectivity index (χ2n) is 4.62. The number of rotatable bonds is 4. The van der Waals surface area contributed by atoms with Gasteiger partial charge in [0.25, 0.3) is 0 Å². The Morgan fingerprint density at radius 3 is 2.70 bits per heavy atom. The fourth-order valence-corrected chi connectivity index (χ4v) is 2.15. The first-order valence-electron chi connectivity index (χ1n) is 6.53. The summed E-state index contributed by atoms with van der Waals surface area (Å²) in [4.78, 5) is 8.88. The lowest BCUT2D eigenvalue weighted by Crippen LogP contribution is -2.09. The molecule has 0 saturated carbocycles. The van der Waals surface area contributed by atoms with E-state index in [-0.39, 0.29) is 5.02 Å². The van der Waals surface area contributed by atoms with E-state index in [0.717, 1.165) is 23.6 Å². The molecule has 0 fully saturated rings. The maximum Gasteiger partial charge on any atom is 0.145 e. The highest BCUT2D eigenvalue weighted by Gasteiger charge is 2.11. The molecule has 0 aliphatic heterocycles. The fourth-order valence-electron chi connectivity index (χ4n) is 1.96. The van der Waals surface area contributed by atoms with Crippen LogP contribution in [0.5, 0.6) is 0 Å². The Morgan fingerprint density at radius 2 is 2.00 bits per heavy atom. The van der Waals surface area contributed by atoms with Gasteiger partial charge in [0.1, 0.15) is 17.5 Å². The highest BCUT2D eigenvalue weighted by Crippen LogP contribution is 2.21. The molecule has 0 unspecified atom stereocenters. The molecular formula is C15H17ClFN3. The van der Waals surface area contributed by atoms with Crippen LogP contribution in [0.15, 0.2) is 18.2 Å². The van der Waals surface area contributed by atoms with Gasteiger partial charge in [-0.2, -0.15) is 0 Å². The Morgan fingerprint density at radius 1 is 1.25 bits per heavy atom. The molecule has 20 heavy (non-hydrogen) atoms. The third kappa shape index (κ3) is 3.07. The zero-order valence-corrected chi connectivity index (χ0v) is 12.6. The number of halogens is 2. The first-order valence-corrected chi connectivity index (χ1v) is 6.91. The SMILES string of the molecule is CCNc1nc(Cc2cccc(Cl)c2F)nc(C)c1C.